The predicted molar refractivity (Wildman–Crippen MR) is 74.1 cm³/mol. The third-order valence-corrected chi connectivity index (χ3v) is 3.71. The number of Topliss-reactive ketones (excluding diaryl/α,β-unsaturated/α-hetero) is 1. The minimum Gasteiger partial charge on any atom is -0.483 e. The average Bonchev–Trinajstić information content (AvgIpc) is 2.79. The highest BCUT2D eigenvalue weighted by molar-refractivity contribution is 5.99. The lowest BCUT2D eigenvalue weighted by molar-refractivity contribution is -0.291. The van der Waals surface area contributed by atoms with Crippen LogP contribution in [0.2, 0.25) is 0 Å². The number of hydrogen-bond acceptors (Lipinski definition) is 10. The van der Waals surface area contributed by atoms with Crippen LogP contribution in [0.5, 0.6) is 0 Å². The summed E-state index contributed by atoms with van der Waals surface area (Å²) in [5, 5.41) is 38.3. The molecule has 10 nitrogen and oxygen atoms in total. The summed E-state index contributed by atoms with van der Waals surface area (Å²) in [6.45, 7) is 1.68. The molecule has 4 N–H and O–H groups in total. The zero-order chi connectivity index (χ0) is 18.0. The first kappa shape index (κ1) is 18.6. The highest BCUT2D eigenvalue weighted by atomic mass is 16.7. The monoisotopic (exact) mass is 348 g/mol. The lowest BCUT2D eigenvalue weighted by Gasteiger charge is -2.39. The summed E-state index contributed by atoms with van der Waals surface area (Å²) in [6.07, 6.45) is -8.30. The van der Waals surface area contributed by atoms with Crippen molar-refractivity contribution in [1.82, 2.24) is 0 Å². The van der Waals surface area contributed by atoms with Gasteiger partial charge in [-0.3, -0.25) is 4.79 Å². The summed E-state index contributed by atoms with van der Waals surface area (Å²) >= 11 is 0. The lowest BCUT2D eigenvalue weighted by Crippen LogP contribution is -2.59. The Hall–Kier alpha value is -1.72. The number of allylic oxidation sites excluding steroid dienone is 1. The second-order valence-electron chi connectivity index (χ2n) is 5.48. The molecular weight excluding hydrogens is 328 g/mol. The minimum absolute atomic E-state index is 0.152. The Labute approximate surface area is 137 Å². The molecule has 1 saturated heterocycles. The molecule has 0 aliphatic carbocycles. The number of carbonyl (C=O) groups is 2. The van der Waals surface area contributed by atoms with Gasteiger partial charge in [0.2, 0.25) is 17.8 Å². The second-order valence-corrected chi connectivity index (χ2v) is 5.48. The molecule has 0 radical (unpaired) electrons. The van der Waals surface area contributed by atoms with Gasteiger partial charge in [-0.2, -0.15) is 0 Å². The normalized spacial score (nSPS) is 36.5. The summed E-state index contributed by atoms with van der Waals surface area (Å²) in [7, 11) is 0. The molecule has 0 amide bonds. The Morgan fingerprint density at radius 1 is 1.21 bits per heavy atom. The van der Waals surface area contributed by atoms with Crippen LogP contribution in [-0.4, -0.2) is 82.2 Å². The van der Waals surface area contributed by atoms with E-state index in [4.69, 9.17) is 19.3 Å². The van der Waals surface area contributed by atoms with E-state index in [0.29, 0.717) is 0 Å². The van der Waals surface area contributed by atoms with Crippen molar-refractivity contribution < 1.29 is 49.0 Å². The minimum atomic E-state index is -1.66. The van der Waals surface area contributed by atoms with E-state index >= 15 is 0 Å². The Morgan fingerprint density at radius 3 is 2.42 bits per heavy atom. The fraction of sp³-hybridized carbons (Fsp3) is 0.714. The van der Waals surface area contributed by atoms with Gasteiger partial charge in [0.05, 0.1) is 0 Å². The van der Waals surface area contributed by atoms with E-state index < -0.39 is 61.8 Å². The van der Waals surface area contributed by atoms with Gasteiger partial charge in [0.1, 0.15) is 43.4 Å². The molecule has 0 aromatic rings. The Morgan fingerprint density at radius 2 is 1.88 bits per heavy atom. The Kier molecular flexibility index (Phi) is 5.78. The second kappa shape index (κ2) is 7.45. The quantitative estimate of drug-likeness (QED) is 0.394. The molecule has 1 fully saturated rings. The van der Waals surface area contributed by atoms with Crippen molar-refractivity contribution in [3.05, 3.63) is 11.5 Å². The SMILES string of the molecule is CC1=C(O[C@@H]2O[C@H](COC(=O)CO)[C@@H](O)[C@H](O)[C@H]2O)C(=O)C(C)O1. The van der Waals surface area contributed by atoms with Gasteiger partial charge in [-0.05, 0) is 13.8 Å². The lowest BCUT2D eigenvalue weighted by atomic mass is 9.99. The van der Waals surface area contributed by atoms with Crippen LogP contribution < -0.4 is 0 Å². The zero-order valence-corrected chi connectivity index (χ0v) is 13.1. The van der Waals surface area contributed by atoms with Gasteiger partial charge in [0, 0.05) is 0 Å². The van der Waals surface area contributed by atoms with Crippen LogP contribution in [0.25, 0.3) is 0 Å². The number of hydrogen-bond donors (Lipinski definition) is 4. The van der Waals surface area contributed by atoms with Crippen molar-refractivity contribution in [2.45, 2.75) is 50.7 Å². The Bertz CT molecular complexity index is 530. The van der Waals surface area contributed by atoms with Crippen molar-refractivity contribution >= 4 is 11.8 Å². The highest BCUT2D eigenvalue weighted by Gasteiger charge is 2.47. The first-order chi connectivity index (χ1) is 11.3. The number of carbonyl (C=O) groups excluding carboxylic acids is 2. The summed E-state index contributed by atoms with van der Waals surface area (Å²) in [6, 6.07) is 0. The molecule has 2 aliphatic heterocycles. The van der Waals surface area contributed by atoms with Gasteiger partial charge in [-0.15, -0.1) is 0 Å². The average molecular weight is 348 g/mol. The molecule has 6 atom stereocenters. The van der Waals surface area contributed by atoms with Crippen molar-refractivity contribution in [2.75, 3.05) is 13.2 Å². The number of ketones is 1. The topological polar surface area (TPSA) is 152 Å². The third-order valence-electron chi connectivity index (χ3n) is 3.71. The maximum atomic E-state index is 11.9. The molecule has 0 aromatic heterocycles. The first-order valence-corrected chi connectivity index (χ1v) is 7.30. The molecule has 2 rings (SSSR count). The van der Waals surface area contributed by atoms with E-state index in [-0.39, 0.29) is 11.5 Å². The van der Waals surface area contributed by atoms with Gasteiger partial charge < -0.3 is 39.4 Å². The van der Waals surface area contributed by atoms with Gasteiger partial charge in [0.25, 0.3) is 0 Å². The van der Waals surface area contributed by atoms with Crippen molar-refractivity contribution in [1.29, 1.82) is 0 Å². The van der Waals surface area contributed by atoms with Crippen LogP contribution in [-0.2, 0) is 28.5 Å². The van der Waals surface area contributed by atoms with Gasteiger partial charge >= 0.3 is 5.97 Å². The molecule has 1 unspecified atom stereocenters. The van der Waals surface area contributed by atoms with Crippen molar-refractivity contribution in [3.63, 3.8) is 0 Å². The fourth-order valence-corrected chi connectivity index (χ4v) is 2.36. The standard InChI is InChI=1S/C14H20O10/c1-5-9(17)13(6(2)22-5)24-14-12(20)11(19)10(18)7(23-14)4-21-8(16)3-15/h5,7,10-12,14-15,18-20H,3-4H2,1-2H3/t5?,7-,10-,11+,12-,14+/m1/s1. The summed E-state index contributed by atoms with van der Waals surface area (Å²) < 4.78 is 20.4. The zero-order valence-electron chi connectivity index (χ0n) is 13.1. The largest absolute Gasteiger partial charge is 0.483 e. The van der Waals surface area contributed by atoms with Crippen molar-refractivity contribution in [2.24, 2.45) is 0 Å². The molecular formula is C14H20O10. The fourth-order valence-electron chi connectivity index (χ4n) is 2.36. The maximum absolute atomic E-state index is 11.9. The number of esters is 1. The van der Waals surface area contributed by atoms with E-state index in [1.807, 2.05) is 0 Å². The molecule has 0 saturated carbocycles. The molecule has 0 bridgehead atoms. The van der Waals surface area contributed by atoms with Crippen LogP contribution in [0.15, 0.2) is 11.5 Å². The number of aliphatic hydroxyl groups excluding tert-OH is 4. The third kappa shape index (κ3) is 3.68. The molecule has 2 heterocycles. The maximum Gasteiger partial charge on any atom is 0.331 e. The van der Waals surface area contributed by atoms with Gasteiger partial charge in [-0.1, -0.05) is 0 Å². The molecule has 10 heteroatoms. The molecule has 2 aliphatic rings. The number of aliphatic hydroxyl groups is 4. The summed E-state index contributed by atoms with van der Waals surface area (Å²) in [5.41, 5.74) is 0. The van der Waals surface area contributed by atoms with E-state index in [9.17, 15) is 24.9 Å². The molecule has 0 spiro atoms. The smallest absolute Gasteiger partial charge is 0.331 e. The molecule has 24 heavy (non-hydrogen) atoms. The predicted octanol–water partition coefficient (Wildman–Crippen LogP) is -2.43. The van der Waals surface area contributed by atoms with Crippen molar-refractivity contribution in [3.8, 4) is 0 Å². The highest BCUT2D eigenvalue weighted by Crippen LogP contribution is 2.28. The van der Waals surface area contributed by atoms with Gasteiger partial charge in [0.15, 0.2) is 6.10 Å². The van der Waals surface area contributed by atoms with Crippen LogP contribution in [0, 0.1) is 0 Å². The number of ether oxygens (including phenoxy) is 4. The first-order valence-electron chi connectivity index (χ1n) is 7.30. The Balaban J connectivity index is 2.07. The van der Waals surface area contributed by atoms with Crippen LogP contribution in [0.3, 0.4) is 0 Å². The van der Waals surface area contributed by atoms with E-state index in [1.54, 1.807) is 0 Å². The summed E-state index contributed by atoms with van der Waals surface area (Å²) in [5.74, 6) is -1.35. The number of rotatable bonds is 5. The molecule has 136 valence electrons. The van der Waals surface area contributed by atoms with Crippen LogP contribution in [0.4, 0.5) is 0 Å². The van der Waals surface area contributed by atoms with E-state index in [1.165, 1.54) is 13.8 Å². The summed E-state index contributed by atoms with van der Waals surface area (Å²) in [4.78, 5) is 22.9. The molecule has 0 aromatic carbocycles. The van der Waals surface area contributed by atoms with E-state index in [0.717, 1.165) is 0 Å². The van der Waals surface area contributed by atoms with Gasteiger partial charge in [-0.25, -0.2) is 4.79 Å². The van der Waals surface area contributed by atoms with Crippen LogP contribution >= 0.6 is 0 Å². The van der Waals surface area contributed by atoms with Crippen LogP contribution in [0.1, 0.15) is 13.8 Å². The van der Waals surface area contributed by atoms with E-state index in [2.05, 4.69) is 4.74 Å².